The van der Waals surface area contributed by atoms with Crippen LogP contribution in [0.15, 0.2) is 0 Å². The molecule has 1 rings (SSSR count). The number of ether oxygens (including phenoxy) is 1. The molecule has 18 heavy (non-hydrogen) atoms. The summed E-state index contributed by atoms with van der Waals surface area (Å²) < 4.78 is 4.85. The lowest BCUT2D eigenvalue weighted by Crippen LogP contribution is -2.47. The zero-order valence-corrected chi connectivity index (χ0v) is 10.9. The van der Waals surface area contributed by atoms with Gasteiger partial charge in [0.25, 0.3) is 0 Å². The molecule has 0 radical (unpaired) electrons. The van der Waals surface area contributed by atoms with Gasteiger partial charge < -0.3 is 15.2 Å². The van der Waals surface area contributed by atoms with Gasteiger partial charge in [-0.2, -0.15) is 0 Å². The van der Waals surface area contributed by atoms with E-state index in [9.17, 15) is 14.7 Å². The Balaban J connectivity index is 2.49. The number of hydrogen-bond donors (Lipinski definition) is 2. The van der Waals surface area contributed by atoms with Gasteiger partial charge in [-0.1, -0.05) is 32.1 Å². The lowest BCUT2D eigenvalue weighted by Gasteiger charge is -2.27. The van der Waals surface area contributed by atoms with Gasteiger partial charge in [-0.05, 0) is 19.3 Å². The number of aliphatic hydroxyl groups is 1. The molecule has 0 aromatic carbocycles. The quantitative estimate of drug-likeness (QED) is 0.527. The summed E-state index contributed by atoms with van der Waals surface area (Å²) >= 11 is 0. The van der Waals surface area contributed by atoms with Gasteiger partial charge in [0.1, 0.15) is 0 Å². The van der Waals surface area contributed by atoms with Crippen LogP contribution >= 0.6 is 0 Å². The van der Waals surface area contributed by atoms with Crippen LogP contribution in [0.1, 0.15) is 45.4 Å². The van der Waals surface area contributed by atoms with Crippen molar-refractivity contribution < 1.29 is 19.4 Å². The maximum atomic E-state index is 11.6. The van der Waals surface area contributed by atoms with Crippen molar-refractivity contribution in [2.45, 2.75) is 57.6 Å². The number of aliphatic hydroxyl groups excluding tert-OH is 1. The molecule has 1 aliphatic carbocycles. The summed E-state index contributed by atoms with van der Waals surface area (Å²) in [5.74, 6) is -0.118. The van der Waals surface area contributed by atoms with Crippen LogP contribution in [0.4, 0.5) is 0 Å². The normalized spacial score (nSPS) is 19.9. The zero-order valence-electron chi connectivity index (χ0n) is 10.9. The van der Waals surface area contributed by atoms with Crippen molar-refractivity contribution in [3.8, 4) is 0 Å². The number of carbonyl (C=O) groups is 2. The van der Waals surface area contributed by atoms with Crippen molar-refractivity contribution in [3.05, 3.63) is 0 Å². The maximum Gasteiger partial charge on any atom is 0.331 e. The maximum absolute atomic E-state index is 11.6. The minimum Gasteiger partial charge on any atom is -0.464 e. The molecule has 0 aliphatic heterocycles. The molecule has 0 heterocycles. The van der Waals surface area contributed by atoms with Gasteiger partial charge in [-0.3, -0.25) is 4.79 Å². The summed E-state index contributed by atoms with van der Waals surface area (Å²) in [6.07, 6.45) is 5.92. The Morgan fingerprint density at radius 2 is 2.11 bits per heavy atom. The van der Waals surface area contributed by atoms with E-state index in [1.807, 2.05) is 0 Å². The van der Waals surface area contributed by atoms with E-state index < -0.39 is 18.1 Å². The number of hydrogen-bond acceptors (Lipinski definition) is 4. The molecule has 1 saturated carbocycles. The standard InChI is InChI=1S/C13H23NO4/c1-2-18-13(17)12(14-9-15)11(16)8-10-6-4-3-5-7-10/h9-12,16H,2-8H2,1H3,(H,14,15). The fourth-order valence-electron chi connectivity index (χ4n) is 2.54. The molecule has 2 atom stereocenters. The molecular weight excluding hydrogens is 234 g/mol. The minimum atomic E-state index is -0.940. The fourth-order valence-corrected chi connectivity index (χ4v) is 2.54. The molecule has 1 aliphatic rings. The fraction of sp³-hybridized carbons (Fsp3) is 0.846. The van der Waals surface area contributed by atoms with Crippen molar-refractivity contribution in [2.75, 3.05) is 6.61 Å². The van der Waals surface area contributed by atoms with E-state index in [0.29, 0.717) is 18.7 Å². The Bertz CT molecular complexity index is 264. The number of carbonyl (C=O) groups excluding carboxylic acids is 2. The van der Waals surface area contributed by atoms with E-state index >= 15 is 0 Å². The molecule has 104 valence electrons. The summed E-state index contributed by atoms with van der Waals surface area (Å²) in [6.45, 7) is 1.94. The molecule has 5 nitrogen and oxygen atoms in total. The predicted molar refractivity (Wildman–Crippen MR) is 66.8 cm³/mol. The second-order valence-electron chi connectivity index (χ2n) is 4.82. The molecule has 0 spiro atoms. The predicted octanol–water partition coefficient (Wildman–Crippen LogP) is 0.995. The monoisotopic (exact) mass is 257 g/mol. The van der Waals surface area contributed by atoms with Crippen LogP contribution in [0.5, 0.6) is 0 Å². The van der Waals surface area contributed by atoms with E-state index in [2.05, 4.69) is 5.32 Å². The second kappa shape index (κ2) is 8.08. The zero-order chi connectivity index (χ0) is 13.4. The van der Waals surface area contributed by atoms with Crippen LogP contribution in [-0.2, 0) is 14.3 Å². The van der Waals surface area contributed by atoms with Gasteiger partial charge in [0.15, 0.2) is 6.04 Å². The van der Waals surface area contributed by atoms with Crippen molar-refractivity contribution in [3.63, 3.8) is 0 Å². The largest absolute Gasteiger partial charge is 0.464 e. The molecule has 0 aromatic heterocycles. The van der Waals surface area contributed by atoms with Gasteiger partial charge in [-0.25, -0.2) is 4.79 Å². The molecule has 1 amide bonds. The van der Waals surface area contributed by atoms with E-state index in [1.165, 1.54) is 19.3 Å². The molecule has 0 aromatic rings. The van der Waals surface area contributed by atoms with Crippen LogP contribution in [0.25, 0.3) is 0 Å². The Kier molecular flexibility index (Phi) is 6.72. The minimum absolute atomic E-state index is 0.242. The van der Waals surface area contributed by atoms with Gasteiger partial charge in [-0.15, -0.1) is 0 Å². The van der Waals surface area contributed by atoms with Crippen LogP contribution < -0.4 is 5.32 Å². The van der Waals surface area contributed by atoms with E-state index in [1.54, 1.807) is 6.92 Å². The van der Waals surface area contributed by atoms with Crippen LogP contribution in [0.3, 0.4) is 0 Å². The molecular formula is C13H23NO4. The highest BCUT2D eigenvalue weighted by Gasteiger charge is 2.30. The van der Waals surface area contributed by atoms with E-state index in [0.717, 1.165) is 12.8 Å². The highest BCUT2D eigenvalue weighted by Crippen LogP contribution is 2.28. The highest BCUT2D eigenvalue weighted by molar-refractivity contribution is 5.78. The Morgan fingerprint density at radius 1 is 1.44 bits per heavy atom. The number of esters is 1. The first-order chi connectivity index (χ1) is 8.69. The summed E-state index contributed by atoms with van der Waals surface area (Å²) in [5.41, 5.74) is 0. The summed E-state index contributed by atoms with van der Waals surface area (Å²) in [7, 11) is 0. The first-order valence-electron chi connectivity index (χ1n) is 6.73. The lowest BCUT2D eigenvalue weighted by molar-refractivity contribution is -0.150. The Morgan fingerprint density at radius 3 is 2.67 bits per heavy atom. The summed E-state index contributed by atoms with van der Waals surface area (Å²) in [6, 6.07) is -0.940. The molecule has 2 unspecified atom stereocenters. The summed E-state index contributed by atoms with van der Waals surface area (Å²) in [4.78, 5) is 22.1. The molecule has 0 bridgehead atoms. The average Bonchev–Trinajstić information content (AvgIpc) is 2.37. The highest BCUT2D eigenvalue weighted by atomic mass is 16.5. The molecule has 2 N–H and O–H groups in total. The third kappa shape index (κ3) is 4.64. The van der Waals surface area contributed by atoms with Crippen molar-refractivity contribution >= 4 is 12.4 Å². The average molecular weight is 257 g/mol. The third-order valence-electron chi connectivity index (χ3n) is 3.47. The summed E-state index contributed by atoms with van der Waals surface area (Å²) in [5, 5.41) is 12.4. The van der Waals surface area contributed by atoms with Gasteiger partial charge in [0.2, 0.25) is 6.41 Å². The Hall–Kier alpha value is -1.10. The SMILES string of the molecule is CCOC(=O)C(NC=O)C(O)CC1CCCCC1. The lowest BCUT2D eigenvalue weighted by atomic mass is 9.84. The Labute approximate surface area is 108 Å². The number of nitrogens with one attached hydrogen (secondary N) is 1. The first-order valence-corrected chi connectivity index (χ1v) is 6.73. The topological polar surface area (TPSA) is 75.6 Å². The smallest absolute Gasteiger partial charge is 0.331 e. The molecule has 1 fully saturated rings. The third-order valence-corrected chi connectivity index (χ3v) is 3.47. The first kappa shape index (κ1) is 15.0. The van der Waals surface area contributed by atoms with Crippen molar-refractivity contribution in [2.24, 2.45) is 5.92 Å². The van der Waals surface area contributed by atoms with E-state index in [4.69, 9.17) is 4.74 Å². The molecule has 0 saturated heterocycles. The van der Waals surface area contributed by atoms with Crippen LogP contribution in [0, 0.1) is 5.92 Å². The van der Waals surface area contributed by atoms with Crippen molar-refractivity contribution in [1.29, 1.82) is 0 Å². The second-order valence-corrected chi connectivity index (χ2v) is 4.82. The molecule has 5 heteroatoms. The number of amides is 1. The van der Waals surface area contributed by atoms with Gasteiger partial charge in [0.05, 0.1) is 12.7 Å². The number of rotatable bonds is 7. The van der Waals surface area contributed by atoms with Gasteiger partial charge in [0, 0.05) is 0 Å². The van der Waals surface area contributed by atoms with E-state index in [-0.39, 0.29) is 6.61 Å². The van der Waals surface area contributed by atoms with Crippen LogP contribution in [-0.4, -0.2) is 36.2 Å². The van der Waals surface area contributed by atoms with Gasteiger partial charge >= 0.3 is 5.97 Å². The van der Waals surface area contributed by atoms with Crippen LogP contribution in [0.2, 0.25) is 0 Å². The van der Waals surface area contributed by atoms with Crippen molar-refractivity contribution in [1.82, 2.24) is 5.32 Å².